The highest BCUT2D eigenvalue weighted by Crippen LogP contribution is 2.11. The Bertz CT molecular complexity index is 300. The van der Waals surface area contributed by atoms with Crippen LogP contribution in [0, 0.1) is 0 Å². The lowest BCUT2D eigenvalue weighted by molar-refractivity contribution is -0.128. The van der Waals surface area contributed by atoms with E-state index in [0.29, 0.717) is 6.54 Å². The van der Waals surface area contributed by atoms with Crippen molar-refractivity contribution in [2.45, 2.75) is 19.9 Å². The summed E-state index contributed by atoms with van der Waals surface area (Å²) in [4.78, 5) is 17.4. The van der Waals surface area contributed by atoms with Crippen LogP contribution in [0.2, 0.25) is 0 Å². The third kappa shape index (κ3) is 3.60. The quantitative estimate of drug-likeness (QED) is 0.824. The maximum absolute atomic E-state index is 11.5. The zero-order valence-corrected chi connectivity index (χ0v) is 10.2. The highest BCUT2D eigenvalue weighted by Gasteiger charge is 2.10. The van der Waals surface area contributed by atoms with Gasteiger partial charge in [0.2, 0.25) is 5.91 Å². The lowest BCUT2D eigenvalue weighted by Crippen LogP contribution is -2.36. The highest BCUT2D eigenvalue weighted by molar-refractivity contribution is 7.07. The number of thiazole rings is 1. The summed E-state index contributed by atoms with van der Waals surface area (Å²) in [5, 5.41) is 5.14. The van der Waals surface area contributed by atoms with E-state index < -0.39 is 0 Å². The van der Waals surface area contributed by atoms with Crippen LogP contribution in [0.1, 0.15) is 25.6 Å². The highest BCUT2D eigenvalue weighted by atomic mass is 32.1. The van der Waals surface area contributed by atoms with Gasteiger partial charge < -0.3 is 10.2 Å². The Hall–Kier alpha value is -0.940. The molecule has 0 saturated heterocycles. The molecule has 0 saturated carbocycles. The normalized spacial score (nSPS) is 12.5. The van der Waals surface area contributed by atoms with Crippen LogP contribution < -0.4 is 5.32 Å². The van der Waals surface area contributed by atoms with Gasteiger partial charge in [-0.2, -0.15) is 0 Å². The Morgan fingerprint density at radius 2 is 2.47 bits per heavy atom. The van der Waals surface area contributed by atoms with Gasteiger partial charge in [-0.15, -0.1) is 11.3 Å². The summed E-state index contributed by atoms with van der Waals surface area (Å²) in [6.07, 6.45) is 0. The number of rotatable bonds is 5. The maximum Gasteiger partial charge on any atom is 0.236 e. The largest absolute Gasteiger partial charge is 0.345 e. The van der Waals surface area contributed by atoms with Crippen molar-refractivity contribution in [1.82, 2.24) is 15.2 Å². The van der Waals surface area contributed by atoms with Crippen molar-refractivity contribution in [1.29, 1.82) is 0 Å². The predicted molar refractivity (Wildman–Crippen MR) is 61.8 cm³/mol. The van der Waals surface area contributed by atoms with Gasteiger partial charge in [0, 0.05) is 25.0 Å². The number of carbonyl (C=O) groups excluding carboxylic acids is 1. The molecule has 0 aliphatic rings. The maximum atomic E-state index is 11.5. The van der Waals surface area contributed by atoms with Crippen LogP contribution >= 0.6 is 11.3 Å². The summed E-state index contributed by atoms with van der Waals surface area (Å²) in [5.41, 5.74) is 2.79. The van der Waals surface area contributed by atoms with Crippen LogP contribution in [-0.4, -0.2) is 35.9 Å². The lowest BCUT2D eigenvalue weighted by Gasteiger charge is -2.17. The first-order chi connectivity index (χ1) is 7.15. The summed E-state index contributed by atoms with van der Waals surface area (Å²) >= 11 is 1.57. The lowest BCUT2D eigenvalue weighted by atomic mass is 10.2. The fourth-order valence-electron chi connectivity index (χ4n) is 1.09. The molecule has 0 aliphatic heterocycles. The van der Waals surface area contributed by atoms with Crippen molar-refractivity contribution in [2.24, 2.45) is 0 Å². The van der Waals surface area contributed by atoms with E-state index in [1.165, 1.54) is 0 Å². The van der Waals surface area contributed by atoms with Gasteiger partial charge in [-0.1, -0.05) is 0 Å². The molecule has 1 unspecified atom stereocenters. The molecule has 0 spiro atoms. The van der Waals surface area contributed by atoms with Gasteiger partial charge in [0.25, 0.3) is 0 Å². The first-order valence-electron chi connectivity index (χ1n) is 5.00. The molecule has 1 aromatic heterocycles. The molecule has 0 aliphatic carbocycles. The van der Waals surface area contributed by atoms with E-state index in [-0.39, 0.29) is 11.9 Å². The monoisotopic (exact) mass is 227 g/mol. The molecule has 5 heteroatoms. The standard InChI is InChI=1S/C10H17N3OS/c1-4-13(3)10(14)5-11-8(2)9-6-15-7-12-9/h6-8,11H,4-5H2,1-3H3. The second kappa shape index (κ2) is 5.82. The molecule has 1 N–H and O–H groups in total. The van der Waals surface area contributed by atoms with Crippen molar-refractivity contribution in [3.63, 3.8) is 0 Å². The third-order valence-electron chi connectivity index (χ3n) is 2.35. The average molecular weight is 227 g/mol. The number of likely N-dealkylation sites (N-methyl/N-ethyl adjacent to an activating group) is 1. The van der Waals surface area contributed by atoms with E-state index >= 15 is 0 Å². The molecule has 1 atom stereocenters. The van der Waals surface area contributed by atoms with Gasteiger partial charge in [-0.25, -0.2) is 4.98 Å². The van der Waals surface area contributed by atoms with E-state index in [1.54, 1.807) is 28.8 Å². The van der Waals surface area contributed by atoms with E-state index in [9.17, 15) is 4.79 Å². The Balaban J connectivity index is 2.34. The number of nitrogens with one attached hydrogen (secondary N) is 1. The van der Waals surface area contributed by atoms with Crippen molar-refractivity contribution in [3.05, 3.63) is 16.6 Å². The minimum absolute atomic E-state index is 0.111. The molecule has 0 bridgehead atoms. The Morgan fingerprint density at radius 1 is 1.73 bits per heavy atom. The van der Waals surface area contributed by atoms with Gasteiger partial charge in [-0.05, 0) is 13.8 Å². The number of aromatic nitrogens is 1. The van der Waals surface area contributed by atoms with E-state index in [4.69, 9.17) is 0 Å². The first kappa shape index (κ1) is 12.1. The molecule has 1 heterocycles. The van der Waals surface area contributed by atoms with Gasteiger partial charge in [0.1, 0.15) is 0 Å². The molecule has 15 heavy (non-hydrogen) atoms. The summed E-state index contributed by atoms with van der Waals surface area (Å²) in [6, 6.07) is 0.130. The van der Waals surface area contributed by atoms with Crippen molar-refractivity contribution in [2.75, 3.05) is 20.1 Å². The first-order valence-corrected chi connectivity index (χ1v) is 5.94. The molecule has 1 amide bonds. The summed E-state index contributed by atoms with van der Waals surface area (Å²) in [5.74, 6) is 0.111. The number of amides is 1. The fraction of sp³-hybridized carbons (Fsp3) is 0.600. The van der Waals surface area contributed by atoms with Crippen molar-refractivity contribution in [3.8, 4) is 0 Å². The smallest absolute Gasteiger partial charge is 0.236 e. The van der Waals surface area contributed by atoms with E-state index in [2.05, 4.69) is 10.3 Å². The van der Waals surface area contributed by atoms with Gasteiger partial charge in [0.05, 0.1) is 17.7 Å². The average Bonchev–Trinajstić information content (AvgIpc) is 2.77. The van der Waals surface area contributed by atoms with Crippen molar-refractivity contribution < 1.29 is 4.79 Å². The van der Waals surface area contributed by atoms with E-state index in [0.717, 1.165) is 12.2 Å². The van der Waals surface area contributed by atoms with Crippen LogP contribution in [0.15, 0.2) is 10.9 Å². The summed E-state index contributed by atoms with van der Waals surface area (Å²) in [6.45, 7) is 5.07. The molecule has 1 rings (SSSR count). The zero-order valence-electron chi connectivity index (χ0n) is 9.36. The van der Waals surface area contributed by atoms with E-state index in [1.807, 2.05) is 19.2 Å². The second-order valence-corrected chi connectivity index (χ2v) is 4.14. The van der Waals surface area contributed by atoms with Crippen LogP contribution in [0.25, 0.3) is 0 Å². The molecule has 0 aromatic carbocycles. The minimum Gasteiger partial charge on any atom is -0.345 e. The summed E-state index contributed by atoms with van der Waals surface area (Å²) < 4.78 is 0. The number of nitrogens with zero attached hydrogens (tertiary/aromatic N) is 2. The zero-order chi connectivity index (χ0) is 11.3. The SMILES string of the molecule is CCN(C)C(=O)CNC(C)c1cscn1. The molecular weight excluding hydrogens is 210 g/mol. The van der Waals surface area contributed by atoms with Crippen molar-refractivity contribution >= 4 is 17.2 Å². The Labute approximate surface area is 94.3 Å². The molecule has 0 fully saturated rings. The second-order valence-electron chi connectivity index (χ2n) is 3.42. The predicted octanol–water partition coefficient (Wildman–Crippen LogP) is 1.27. The fourth-order valence-corrected chi connectivity index (χ4v) is 1.74. The Morgan fingerprint density at radius 3 is 3.00 bits per heavy atom. The van der Waals surface area contributed by atoms with Gasteiger partial charge in [-0.3, -0.25) is 4.79 Å². The number of hydrogen-bond acceptors (Lipinski definition) is 4. The number of hydrogen-bond donors (Lipinski definition) is 1. The molecule has 0 radical (unpaired) electrons. The van der Waals surface area contributed by atoms with Crippen LogP contribution in [-0.2, 0) is 4.79 Å². The van der Waals surface area contributed by atoms with Crippen LogP contribution in [0.5, 0.6) is 0 Å². The molecule has 1 aromatic rings. The summed E-state index contributed by atoms with van der Waals surface area (Å²) in [7, 11) is 1.80. The molecule has 84 valence electrons. The molecule has 4 nitrogen and oxygen atoms in total. The molecular formula is C10H17N3OS. The van der Waals surface area contributed by atoms with Crippen LogP contribution in [0.3, 0.4) is 0 Å². The van der Waals surface area contributed by atoms with Gasteiger partial charge >= 0.3 is 0 Å². The van der Waals surface area contributed by atoms with Gasteiger partial charge in [0.15, 0.2) is 0 Å². The minimum atomic E-state index is 0.111. The Kier molecular flexibility index (Phi) is 4.71. The number of carbonyl (C=O) groups is 1. The third-order valence-corrected chi connectivity index (χ3v) is 2.96. The van der Waals surface area contributed by atoms with Crippen LogP contribution in [0.4, 0.5) is 0 Å². The topological polar surface area (TPSA) is 45.2 Å².